The van der Waals surface area contributed by atoms with Crippen LogP contribution in [0.25, 0.3) is 0 Å². The summed E-state index contributed by atoms with van der Waals surface area (Å²) in [6, 6.07) is 4.99. The highest BCUT2D eigenvalue weighted by Crippen LogP contribution is 2.23. The van der Waals surface area contributed by atoms with E-state index in [0.29, 0.717) is 5.76 Å². The van der Waals surface area contributed by atoms with Gasteiger partial charge >= 0.3 is 0 Å². The fraction of sp³-hybridized carbons (Fsp3) is 0.214. The molecular formula is C14H14F2N2O3. The molecule has 1 aromatic heterocycles. The molecule has 7 heteroatoms. The van der Waals surface area contributed by atoms with Crippen molar-refractivity contribution in [2.45, 2.75) is 19.6 Å². The third-order valence-corrected chi connectivity index (χ3v) is 2.74. The molecule has 0 aliphatic carbocycles. The van der Waals surface area contributed by atoms with Crippen molar-refractivity contribution in [3.05, 3.63) is 47.9 Å². The maximum absolute atomic E-state index is 13.5. The molecule has 1 atom stereocenters. The van der Waals surface area contributed by atoms with Gasteiger partial charge in [0.1, 0.15) is 11.6 Å². The Hall–Kier alpha value is -2.57. The van der Waals surface area contributed by atoms with Crippen LogP contribution in [0.15, 0.2) is 34.9 Å². The lowest BCUT2D eigenvalue weighted by Crippen LogP contribution is -2.36. The molecular weight excluding hydrogens is 282 g/mol. The van der Waals surface area contributed by atoms with Crippen LogP contribution in [-0.4, -0.2) is 12.0 Å². The van der Waals surface area contributed by atoms with Crippen molar-refractivity contribution >= 4 is 11.6 Å². The van der Waals surface area contributed by atoms with Gasteiger partial charge in [-0.1, -0.05) is 0 Å². The number of rotatable bonds is 5. The number of amides is 1. The molecule has 1 amide bonds. The van der Waals surface area contributed by atoms with Crippen molar-refractivity contribution in [3.8, 4) is 5.75 Å². The first kappa shape index (κ1) is 14.8. The van der Waals surface area contributed by atoms with E-state index < -0.39 is 23.6 Å². The lowest BCUT2D eigenvalue weighted by atomic mass is 10.2. The third-order valence-electron chi connectivity index (χ3n) is 2.74. The predicted molar refractivity (Wildman–Crippen MR) is 71.4 cm³/mol. The average Bonchev–Trinajstić information content (AvgIpc) is 2.95. The van der Waals surface area contributed by atoms with Crippen LogP contribution >= 0.6 is 0 Å². The van der Waals surface area contributed by atoms with E-state index in [1.165, 1.54) is 13.2 Å². The third kappa shape index (κ3) is 3.71. The predicted octanol–water partition coefficient (Wildman–Crippen LogP) is 2.22. The number of halogens is 2. The van der Waals surface area contributed by atoms with Crippen molar-refractivity contribution < 1.29 is 22.7 Å². The minimum Gasteiger partial charge on any atom is -0.478 e. The Balaban J connectivity index is 1.95. The normalized spacial score (nSPS) is 12.0. The lowest BCUT2D eigenvalue weighted by molar-refractivity contribution is -0.127. The molecule has 0 aliphatic heterocycles. The van der Waals surface area contributed by atoms with Gasteiger partial charge in [-0.2, -0.15) is 0 Å². The van der Waals surface area contributed by atoms with Crippen molar-refractivity contribution in [1.29, 1.82) is 0 Å². The molecule has 21 heavy (non-hydrogen) atoms. The molecule has 1 unspecified atom stereocenters. The van der Waals surface area contributed by atoms with Crippen molar-refractivity contribution in [2.75, 3.05) is 5.73 Å². The zero-order chi connectivity index (χ0) is 15.4. The first-order valence-electron chi connectivity index (χ1n) is 6.18. The van der Waals surface area contributed by atoms with E-state index in [9.17, 15) is 13.6 Å². The molecule has 3 N–H and O–H groups in total. The standard InChI is InChI=1S/C14H14F2N2O3/c1-8(14(19)18-7-9-3-2-4-20-9)21-13-6-10(15)12(17)5-11(13)16/h2-6,8H,7,17H2,1H3,(H,18,19). The van der Waals surface area contributed by atoms with Gasteiger partial charge in [0.05, 0.1) is 18.5 Å². The largest absolute Gasteiger partial charge is 0.478 e. The van der Waals surface area contributed by atoms with Crippen LogP contribution in [0, 0.1) is 11.6 Å². The Labute approximate surface area is 119 Å². The number of ether oxygens (including phenoxy) is 1. The molecule has 0 bridgehead atoms. The van der Waals surface area contributed by atoms with E-state index in [4.69, 9.17) is 14.9 Å². The molecule has 1 heterocycles. The van der Waals surface area contributed by atoms with E-state index in [2.05, 4.69) is 5.32 Å². The Morgan fingerprint density at radius 2 is 2.19 bits per heavy atom. The first-order valence-corrected chi connectivity index (χ1v) is 6.18. The Morgan fingerprint density at radius 1 is 1.43 bits per heavy atom. The summed E-state index contributed by atoms with van der Waals surface area (Å²) in [7, 11) is 0. The number of nitrogen functional groups attached to an aromatic ring is 1. The van der Waals surface area contributed by atoms with Crippen molar-refractivity contribution in [2.24, 2.45) is 0 Å². The number of nitrogens with one attached hydrogen (secondary N) is 1. The first-order chi connectivity index (χ1) is 9.97. The number of nitrogens with two attached hydrogens (primary N) is 1. The summed E-state index contributed by atoms with van der Waals surface area (Å²) in [5.74, 6) is -1.93. The van der Waals surface area contributed by atoms with Gasteiger partial charge in [0.25, 0.3) is 5.91 Å². The summed E-state index contributed by atoms with van der Waals surface area (Å²) in [4.78, 5) is 11.8. The van der Waals surface area contributed by atoms with Crippen LogP contribution in [-0.2, 0) is 11.3 Å². The molecule has 0 fully saturated rings. The molecule has 0 saturated carbocycles. The van der Waals surface area contributed by atoms with Crippen LogP contribution in [0.1, 0.15) is 12.7 Å². The van der Waals surface area contributed by atoms with Crippen molar-refractivity contribution in [3.63, 3.8) is 0 Å². The smallest absolute Gasteiger partial charge is 0.261 e. The number of hydrogen-bond donors (Lipinski definition) is 2. The van der Waals surface area contributed by atoms with Gasteiger partial charge in [0, 0.05) is 12.1 Å². The zero-order valence-electron chi connectivity index (χ0n) is 11.2. The van der Waals surface area contributed by atoms with Gasteiger partial charge in [-0.15, -0.1) is 0 Å². The van der Waals surface area contributed by atoms with Gasteiger partial charge in [-0.3, -0.25) is 4.79 Å². The number of furan rings is 1. The van der Waals surface area contributed by atoms with Crippen LogP contribution in [0.4, 0.5) is 14.5 Å². The molecule has 2 rings (SSSR count). The minimum atomic E-state index is -1.00. The van der Waals surface area contributed by atoms with Gasteiger partial charge in [0.2, 0.25) is 0 Å². The fourth-order valence-electron chi connectivity index (χ4n) is 1.61. The van der Waals surface area contributed by atoms with Crippen LogP contribution < -0.4 is 15.8 Å². The highest BCUT2D eigenvalue weighted by Gasteiger charge is 2.18. The number of benzene rings is 1. The second-order valence-electron chi connectivity index (χ2n) is 4.36. The molecule has 0 radical (unpaired) electrons. The average molecular weight is 296 g/mol. The molecule has 5 nitrogen and oxygen atoms in total. The Morgan fingerprint density at radius 3 is 2.86 bits per heavy atom. The van der Waals surface area contributed by atoms with E-state index in [0.717, 1.165) is 12.1 Å². The van der Waals surface area contributed by atoms with Gasteiger partial charge in [-0.05, 0) is 19.1 Å². The number of hydrogen-bond acceptors (Lipinski definition) is 4. The summed E-state index contributed by atoms with van der Waals surface area (Å²) in [6.45, 7) is 1.60. The molecule has 0 spiro atoms. The minimum absolute atomic E-state index is 0.179. The zero-order valence-corrected chi connectivity index (χ0v) is 11.2. The van der Waals surface area contributed by atoms with E-state index in [1.54, 1.807) is 12.1 Å². The SMILES string of the molecule is CC(Oc1cc(F)c(N)cc1F)C(=O)NCc1ccco1. The van der Waals surface area contributed by atoms with E-state index in [1.807, 2.05) is 0 Å². The topological polar surface area (TPSA) is 77.5 Å². The Kier molecular flexibility index (Phi) is 4.42. The second kappa shape index (κ2) is 6.25. The van der Waals surface area contributed by atoms with Crippen LogP contribution in [0.3, 0.4) is 0 Å². The summed E-state index contributed by atoms with van der Waals surface area (Å²) < 4.78 is 37.0. The molecule has 1 aromatic carbocycles. The van der Waals surface area contributed by atoms with Crippen LogP contribution in [0.5, 0.6) is 5.75 Å². The summed E-state index contributed by atoms with van der Waals surface area (Å²) in [5.41, 5.74) is 4.90. The summed E-state index contributed by atoms with van der Waals surface area (Å²) in [6.07, 6.45) is 0.478. The van der Waals surface area contributed by atoms with E-state index >= 15 is 0 Å². The number of anilines is 1. The molecule has 0 saturated heterocycles. The lowest BCUT2D eigenvalue weighted by Gasteiger charge is -2.15. The van der Waals surface area contributed by atoms with Crippen molar-refractivity contribution in [1.82, 2.24) is 5.32 Å². The fourth-order valence-corrected chi connectivity index (χ4v) is 1.61. The monoisotopic (exact) mass is 296 g/mol. The second-order valence-corrected chi connectivity index (χ2v) is 4.36. The van der Waals surface area contributed by atoms with E-state index in [-0.39, 0.29) is 18.0 Å². The molecule has 2 aromatic rings. The quantitative estimate of drug-likeness (QED) is 0.829. The number of carbonyl (C=O) groups is 1. The van der Waals surface area contributed by atoms with Crippen LogP contribution in [0.2, 0.25) is 0 Å². The maximum atomic E-state index is 13.5. The highest BCUT2D eigenvalue weighted by atomic mass is 19.1. The number of carbonyl (C=O) groups excluding carboxylic acids is 1. The van der Waals surface area contributed by atoms with Gasteiger partial charge < -0.3 is 20.2 Å². The molecule has 112 valence electrons. The summed E-state index contributed by atoms with van der Waals surface area (Å²) in [5, 5.41) is 2.55. The highest BCUT2D eigenvalue weighted by molar-refractivity contribution is 5.80. The molecule has 0 aliphatic rings. The maximum Gasteiger partial charge on any atom is 0.261 e. The Bertz CT molecular complexity index is 629. The van der Waals surface area contributed by atoms with Gasteiger partial charge in [0.15, 0.2) is 17.7 Å². The van der Waals surface area contributed by atoms with Gasteiger partial charge in [-0.25, -0.2) is 8.78 Å². The summed E-state index contributed by atoms with van der Waals surface area (Å²) >= 11 is 0.